The molecule has 0 bridgehead atoms. The van der Waals surface area contributed by atoms with Gasteiger partial charge in [-0.15, -0.1) is 0 Å². The van der Waals surface area contributed by atoms with Gasteiger partial charge in [-0.2, -0.15) is 0 Å². The summed E-state index contributed by atoms with van der Waals surface area (Å²) in [6.07, 6.45) is 8.47. The zero-order chi connectivity index (χ0) is 18.6. The van der Waals surface area contributed by atoms with Crippen molar-refractivity contribution in [1.29, 1.82) is 0 Å². The number of hydrogen-bond donors (Lipinski definition) is 0. The fourth-order valence-corrected chi connectivity index (χ4v) is 3.14. The van der Waals surface area contributed by atoms with E-state index in [0.717, 1.165) is 11.3 Å². The largest absolute Gasteiger partial charge is 0.378 e. The van der Waals surface area contributed by atoms with E-state index in [4.69, 9.17) is 0 Å². The van der Waals surface area contributed by atoms with E-state index < -0.39 is 0 Å². The van der Waals surface area contributed by atoms with E-state index in [1.165, 1.54) is 28.0 Å². The third kappa shape index (κ3) is 3.90. The van der Waals surface area contributed by atoms with Crippen LogP contribution in [-0.4, -0.2) is 20.3 Å². The Bertz CT molecular complexity index is 1020. The minimum absolute atomic E-state index is 0.955. The van der Waals surface area contributed by atoms with E-state index in [9.17, 15) is 0 Å². The smallest absolute Gasteiger partial charge is 0.0630 e. The van der Waals surface area contributed by atoms with Gasteiger partial charge in [0.15, 0.2) is 0 Å². The SMILES string of the molecule is CN(C)c1ccc(C=Nc2ccc(/C=C3/C=Cc4ccccc43)cc2)cc1. The highest BCUT2D eigenvalue weighted by Crippen LogP contribution is 2.30. The molecular weight excluding hydrogens is 328 g/mol. The Morgan fingerprint density at radius 2 is 1.44 bits per heavy atom. The summed E-state index contributed by atoms with van der Waals surface area (Å²) in [6.45, 7) is 0. The Morgan fingerprint density at radius 1 is 0.741 bits per heavy atom. The number of rotatable bonds is 4. The van der Waals surface area contributed by atoms with Crippen LogP contribution in [0.5, 0.6) is 0 Å². The molecule has 3 aromatic carbocycles. The molecule has 132 valence electrons. The fraction of sp³-hybridized carbons (Fsp3) is 0.0800. The monoisotopic (exact) mass is 350 g/mol. The van der Waals surface area contributed by atoms with Gasteiger partial charge in [0.1, 0.15) is 0 Å². The molecule has 0 heterocycles. The molecule has 0 atom stereocenters. The Balaban J connectivity index is 1.48. The van der Waals surface area contributed by atoms with E-state index in [0.29, 0.717) is 0 Å². The molecule has 0 unspecified atom stereocenters. The second-order valence-corrected chi connectivity index (χ2v) is 6.86. The van der Waals surface area contributed by atoms with Crippen LogP contribution in [0.2, 0.25) is 0 Å². The van der Waals surface area contributed by atoms with Gasteiger partial charge in [0, 0.05) is 26.0 Å². The van der Waals surface area contributed by atoms with E-state index in [1.807, 2.05) is 20.3 Å². The van der Waals surface area contributed by atoms with Crippen LogP contribution in [0, 0.1) is 0 Å². The van der Waals surface area contributed by atoms with Gasteiger partial charge in [-0.05, 0) is 58.2 Å². The Kier molecular flexibility index (Phi) is 4.71. The zero-order valence-electron chi connectivity index (χ0n) is 15.6. The summed E-state index contributed by atoms with van der Waals surface area (Å²) < 4.78 is 0. The Labute approximate surface area is 160 Å². The van der Waals surface area contributed by atoms with Gasteiger partial charge < -0.3 is 4.90 Å². The molecule has 1 aliphatic rings. The van der Waals surface area contributed by atoms with Crippen LogP contribution in [0.15, 0.2) is 83.9 Å². The van der Waals surface area contributed by atoms with Gasteiger partial charge in [-0.3, -0.25) is 4.99 Å². The lowest BCUT2D eigenvalue weighted by atomic mass is 10.0. The van der Waals surface area contributed by atoms with E-state index >= 15 is 0 Å². The minimum Gasteiger partial charge on any atom is -0.378 e. The number of aliphatic imine (C=N–C) groups is 1. The lowest BCUT2D eigenvalue weighted by Crippen LogP contribution is -2.08. The maximum atomic E-state index is 4.59. The van der Waals surface area contributed by atoms with Crippen molar-refractivity contribution in [2.75, 3.05) is 19.0 Å². The molecule has 0 amide bonds. The van der Waals surface area contributed by atoms with Crippen molar-refractivity contribution in [2.24, 2.45) is 4.99 Å². The van der Waals surface area contributed by atoms with Gasteiger partial charge in [0.25, 0.3) is 0 Å². The van der Waals surface area contributed by atoms with Gasteiger partial charge in [-0.25, -0.2) is 0 Å². The summed E-state index contributed by atoms with van der Waals surface area (Å²) in [6, 6.07) is 25.2. The van der Waals surface area contributed by atoms with Crippen LogP contribution in [0.25, 0.3) is 17.7 Å². The van der Waals surface area contributed by atoms with Gasteiger partial charge in [-0.1, -0.05) is 60.7 Å². The highest BCUT2D eigenvalue weighted by molar-refractivity contribution is 5.97. The van der Waals surface area contributed by atoms with Crippen molar-refractivity contribution < 1.29 is 0 Å². The van der Waals surface area contributed by atoms with Crippen LogP contribution in [-0.2, 0) is 0 Å². The quantitative estimate of drug-likeness (QED) is 0.521. The predicted molar refractivity (Wildman–Crippen MR) is 118 cm³/mol. The van der Waals surface area contributed by atoms with Crippen LogP contribution in [0.3, 0.4) is 0 Å². The van der Waals surface area contributed by atoms with E-state index in [-0.39, 0.29) is 0 Å². The average Bonchev–Trinajstić information content (AvgIpc) is 3.11. The number of hydrogen-bond acceptors (Lipinski definition) is 2. The topological polar surface area (TPSA) is 15.6 Å². The van der Waals surface area contributed by atoms with Gasteiger partial charge >= 0.3 is 0 Å². The zero-order valence-corrected chi connectivity index (χ0v) is 15.6. The van der Waals surface area contributed by atoms with Crippen molar-refractivity contribution in [2.45, 2.75) is 0 Å². The second-order valence-electron chi connectivity index (χ2n) is 6.86. The van der Waals surface area contributed by atoms with Crippen molar-refractivity contribution in [3.8, 4) is 0 Å². The molecule has 4 rings (SSSR count). The van der Waals surface area contributed by atoms with Crippen molar-refractivity contribution in [3.63, 3.8) is 0 Å². The molecule has 0 saturated heterocycles. The number of fused-ring (bicyclic) bond motifs is 1. The molecule has 27 heavy (non-hydrogen) atoms. The first kappa shape index (κ1) is 17.0. The number of benzene rings is 3. The molecule has 1 aliphatic carbocycles. The fourth-order valence-electron chi connectivity index (χ4n) is 3.14. The highest BCUT2D eigenvalue weighted by Gasteiger charge is 2.08. The first-order chi connectivity index (χ1) is 13.2. The van der Waals surface area contributed by atoms with E-state index in [1.54, 1.807) is 0 Å². The first-order valence-corrected chi connectivity index (χ1v) is 9.10. The molecule has 0 radical (unpaired) electrons. The minimum atomic E-state index is 0.955. The summed E-state index contributed by atoms with van der Waals surface area (Å²) in [5.41, 5.74) is 8.25. The molecule has 3 aromatic rings. The molecule has 2 nitrogen and oxygen atoms in total. The van der Waals surface area contributed by atoms with Crippen LogP contribution in [0.4, 0.5) is 11.4 Å². The average molecular weight is 350 g/mol. The second kappa shape index (κ2) is 7.46. The summed E-state index contributed by atoms with van der Waals surface area (Å²) >= 11 is 0. The number of nitrogens with zero attached hydrogens (tertiary/aromatic N) is 2. The third-order valence-electron chi connectivity index (χ3n) is 4.70. The number of anilines is 1. The normalized spacial score (nSPS) is 14.1. The van der Waals surface area contributed by atoms with Crippen LogP contribution in [0.1, 0.15) is 22.3 Å². The van der Waals surface area contributed by atoms with Crippen molar-refractivity contribution in [3.05, 3.63) is 101 Å². The molecule has 0 spiro atoms. The summed E-state index contributed by atoms with van der Waals surface area (Å²) in [5, 5.41) is 0. The van der Waals surface area contributed by atoms with Gasteiger partial charge in [0.05, 0.1) is 5.69 Å². The maximum Gasteiger partial charge on any atom is 0.0630 e. The lowest BCUT2D eigenvalue weighted by molar-refractivity contribution is 1.13. The lowest BCUT2D eigenvalue weighted by Gasteiger charge is -2.11. The molecule has 0 fully saturated rings. The Hall–Kier alpha value is -3.39. The third-order valence-corrected chi connectivity index (χ3v) is 4.70. The van der Waals surface area contributed by atoms with Crippen LogP contribution >= 0.6 is 0 Å². The molecule has 2 heteroatoms. The summed E-state index contributed by atoms with van der Waals surface area (Å²) in [5.74, 6) is 0. The molecule has 0 aromatic heterocycles. The number of allylic oxidation sites excluding steroid dienone is 2. The highest BCUT2D eigenvalue weighted by atomic mass is 15.1. The summed E-state index contributed by atoms with van der Waals surface area (Å²) in [4.78, 5) is 6.68. The molecule has 0 saturated carbocycles. The van der Waals surface area contributed by atoms with Gasteiger partial charge in [0.2, 0.25) is 0 Å². The predicted octanol–water partition coefficient (Wildman–Crippen LogP) is 6.07. The van der Waals surface area contributed by atoms with Crippen molar-refractivity contribution in [1.82, 2.24) is 0 Å². The standard InChI is InChI=1S/C25H22N2/c1-27(2)24-15-9-20(10-16-24)18-26-23-13-7-19(8-14-23)17-22-12-11-21-5-3-4-6-25(21)22/h3-18H,1-2H3/b22-17-,26-18?. The summed E-state index contributed by atoms with van der Waals surface area (Å²) in [7, 11) is 4.08. The van der Waals surface area contributed by atoms with Crippen LogP contribution < -0.4 is 4.90 Å². The molecular formula is C25H22N2. The molecule has 0 N–H and O–H groups in total. The molecule has 0 aliphatic heterocycles. The maximum absolute atomic E-state index is 4.59. The first-order valence-electron chi connectivity index (χ1n) is 9.10. The van der Waals surface area contributed by atoms with Crippen molar-refractivity contribution >= 4 is 35.3 Å². The van der Waals surface area contributed by atoms with E-state index in [2.05, 4.69) is 101 Å². The Morgan fingerprint density at radius 3 is 2.19 bits per heavy atom.